The summed E-state index contributed by atoms with van der Waals surface area (Å²) in [5.41, 5.74) is 2.55. The Morgan fingerprint density at radius 2 is 2.33 bits per heavy atom. The Balaban J connectivity index is 1.78. The monoisotopic (exact) mass is 348 g/mol. The van der Waals surface area contributed by atoms with Gasteiger partial charge in [-0.15, -0.1) is 0 Å². The van der Waals surface area contributed by atoms with Crippen molar-refractivity contribution in [2.75, 3.05) is 19.0 Å². The zero-order valence-corrected chi connectivity index (χ0v) is 14.3. The number of halogens is 1. The van der Waals surface area contributed by atoms with E-state index in [1.54, 1.807) is 19.4 Å². The molecule has 3 rings (SSSR count). The summed E-state index contributed by atoms with van der Waals surface area (Å²) in [5, 5.41) is 10.6. The van der Waals surface area contributed by atoms with Crippen molar-refractivity contribution < 1.29 is 9.53 Å². The van der Waals surface area contributed by atoms with Gasteiger partial charge in [0.05, 0.1) is 18.3 Å². The smallest absolute Gasteiger partial charge is 0.322 e. The maximum absolute atomic E-state index is 12.8. The average molecular weight is 349 g/mol. The van der Waals surface area contributed by atoms with Crippen LogP contribution in [-0.4, -0.2) is 34.8 Å². The van der Waals surface area contributed by atoms with Crippen LogP contribution in [-0.2, 0) is 11.3 Å². The number of methoxy groups -OCH3 is 1. The molecule has 1 fully saturated rings. The minimum Gasteiger partial charge on any atom is -0.380 e. The zero-order chi connectivity index (χ0) is 16.9. The Morgan fingerprint density at radius 3 is 3.08 bits per heavy atom. The van der Waals surface area contributed by atoms with Crippen LogP contribution in [0.3, 0.4) is 0 Å². The van der Waals surface area contributed by atoms with Crippen LogP contribution in [0.25, 0.3) is 0 Å². The molecule has 1 aliphatic rings. The molecule has 6 nitrogen and oxygen atoms in total. The van der Waals surface area contributed by atoms with Gasteiger partial charge in [0.2, 0.25) is 0 Å². The summed E-state index contributed by atoms with van der Waals surface area (Å²) in [6, 6.07) is 7.22. The second-order valence-electron chi connectivity index (χ2n) is 5.88. The van der Waals surface area contributed by atoms with Crippen LogP contribution in [0, 0.1) is 0 Å². The molecule has 7 heteroatoms. The number of anilines is 1. The Hall–Kier alpha value is -2.05. The molecule has 0 bridgehead atoms. The number of rotatable bonds is 4. The fraction of sp³-hybridized carbons (Fsp3) is 0.412. The first-order chi connectivity index (χ1) is 11.7. The van der Waals surface area contributed by atoms with Gasteiger partial charge in [0.25, 0.3) is 0 Å². The predicted molar refractivity (Wildman–Crippen MR) is 93.1 cm³/mol. The normalized spacial score (nSPS) is 17.8. The first-order valence-corrected chi connectivity index (χ1v) is 8.41. The second-order valence-corrected chi connectivity index (χ2v) is 6.32. The minimum atomic E-state index is -0.117. The number of ether oxygens (including phenoxy) is 1. The number of benzene rings is 1. The molecular weight excluding hydrogens is 328 g/mol. The lowest BCUT2D eigenvalue weighted by Gasteiger charge is -2.35. The Morgan fingerprint density at radius 1 is 1.46 bits per heavy atom. The predicted octanol–water partition coefficient (Wildman–Crippen LogP) is 3.97. The van der Waals surface area contributed by atoms with Crippen LogP contribution >= 0.6 is 11.6 Å². The van der Waals surface area contributed by atoms with E-state index in [0.29, 0.717) is 11.6 Å². The molecule has 1 aromatic heterocycles. The molecule has 128 valence electrons. The number of carbonyl (C=O) groups is 1. The van der Waals surface area contributed by atoms with Crippen LogP contribution < -0.4 is 5.32 Å². The van der Waals surface area contributed by atoms with Crippen molar-refractivity contribution in [3.05, 3.63) is 46.7 Å². The number of likely N-dealkylation sites (tertiary alicyclic amines) is 1. The number of amides is 2. The van der Waals surface area contributed by atoms with E-state index >= 15 is 0 Å². The number of urea groups is 1. The van der Waals surface area contributed by atoms with E-state index in [-0.39, 0.29) is 12.1 Å². The van der Waals surface area contributed by atoms with Gasteiger partial charge >= 0.3 is 6.03 Å². The molecule has 1 saturated heterocycles. The van der Waals surface area contributed by atoms with Crippen LogP contribution in [0.5, 0.6) is 0 Å². The number of nitrogens with zero attached hydrogens (tertiary/aromatic N) is 2. The molecule has 2 N–H and O–H groups in total. The second kappa shape index (κ2) is 7.68. The number of H-pyrrole nitrogens is 1. The van der Waals surface area contributed by atoms with Crippen molar-refractivity contribution in [3.63, 3.8) is 0 Å². The number of piperidine rings is 1. The molecule has 0 saturated carbocycles. The van der Waals surface area contributed by atoms with Gasteiger partial charge in [-0.25, -0.2) is 4.79 Å². The average Bonchev–Trinajstić information content (AvgIpc) is 3.12. The fourth-order valence-corrected chi connectivity index (χ4v) is 3.29. The zero-order valence-electron chi connectivity index (χ0n) is 13.6. The van der Waals surface area contributed by atoms with E-state index in [1.165, 1.54) is 0 Å². The lowest BCUT2D eigenvalue weighted by Crippen LogP contribution is -2.41. The highest BCUT2D eigenvalue weighted by Gasteiger charge is 2.29. The summed E-state index contributed by atoms with van der Waals surface area (Å²) in [7, 11) is 1.62. The topological polar surface area (TPSA) is 70.2 Å². The summed E-state index contributed by atoms with van der Waals surface area (Å²) < 4.78 is 5.19. The number of aromatic amines is 1. The first kappa shape index (κ1) is 16.8. The molecule has 0 unspecified atom stereocenters. The van der Waals surface area contributed by atoms with Crippen molar-refractivity contribution in [2.45, 2.75) is 31.9 Å². The van der Waals surface area contributed by atoms with Crippen LogP contribution in [0.2, 0.25) is 5.02 Å². The third kappa shape index (κ3) is 3.71. The molecule has 2 aromatic rings. The number of hydrogen-bond donors (Lipinski definition) is 2. The molecule has 1 atom stereocenters. The summed E-state index contributed by atoms with van der Waals surface area (Å²) in [5.74, 6) is 0. The van der Waals surface area contributed by atoms with Gasteiger partial charge in [0, 0.05) is 36.1 Å². The molecule has 2 amide bonds. The first-order valence-electron chi connectivity index (χ1n) is 8.03. The van der Waals surface area contributed by atoms with Crippen LogP contribution in [0.15, 0.2) is 30.5 Å². The molecule has 24 heavy (non-hydrogen) atoms. The maximum Gasteiger partial charge on any atom is 0.322 e. The molecular formula is C17H21ClN4O2. The summed E-state index contributed by atoms with van der Waals surface area (Å²) in [6.07, 6.45) is 4.75. The maximum atomic E-state index is 12.8. The number of nitrogens with one attached hydrogen (secondary N) is 2. The van der Waals surface area contributed by atoms with Crippen LogP contribution in [0.4, 0.5) is 10.5 Å². The van der Waals surface area contributed by atoms with Crippen molar-refractivity contribution >= 4 is 23.3 Å². The largest absolute Gasteiger partial charge is 0.380 e. The van der Waals surface area contributed by atoms with E-state index in [4.69, 9.17) is 16.3 Å². The number of aromatic nitrogens is 2. The number of carbonyl (C=O) groups excluding carboxylic acids is 1. The van der Waals surface area contributed by atoms with Gasteiger partial charge in [-0.1, -0.05) is 11.6 Å². The van der Waals surface area contributed by atoms with E-state index in [1.807, 2.05) is 23.1 Å². The van der Waals surface area contributed by atoms with Gasteiger partial charge in [-0.3, -0.25) is 5.10 Å². The molecule has 1 aliphatic heterocycles. The molecule has 2 heterocycles. The quantitative estimate of drug-likeness (QED) is 0.878. The highest BCUT2D eigenvalue weighted by atomic mass is 35.5. The van der Waals surface area contributed by atoms with E-state index in [9.17, 15) is 4.79 Å². The van der Waals surface area contributed by atoms with Gasteiger partial charge in [-0.2, -0.15) is 5.10 Å². The van der Waals surface area contributed by atoms with Crippen LogP contribution in [0.1, 0.15) is 36.6 Å². The summed E-state index contributed by atoms with van der Waals surface area (Å²) in [4.78, 5) is 14.7. The van der Waals surface area contributed by atoms with Gasteiger partial charge in [0.15, 0.2) is 0 Å². The lowest BCUT2D eigenvalue weighted by atomic mass is 10.00. The van der Waals surface area contributed by atoms with E-state index in [2.05, 4.69) is 15.5 Å². The standard InChI is InChI=1S/C17H21ClN4O2/c1-24-11-12-10-13(18)5-6-14(12)20-17(23)22-9-3-2-4-16(22)15-7-8-19-21-15/h5-8,10,16H,2-4,9,11H2,1H3,(H,19,21)(H,20,23)/t16-/m0/s1. The van der Waals surface area contributed by atoms with E-state index in [0.717, 1.165) is 42.8 Å². The number of hydrogen-bond acceptors (Lipinski definition) is 3. The molecule has 0 radical (unpaired) electrons. The Labute approximate surface area is 146 Å². The summed E-state index contributed by atoms with van der Waals surface area (Å²) in [6.45, 7) is 1.11. The molecule has 0 spiro atoms. The highest BCUT2D eigenvalue weighted by molar-refractivity contribution is 6.30. The fourth-order valence-electron chi connectivity index (χ4n) is 3.10. The third-order valence-corrected chi connectivity index (χ3v) is 4.49. The molecule has 0 aliphatic carbocycles. The SMILES string of the molecule is COCc1cc(Cl)ccc1NC(=O)N1CCCC[C@H]1c1ccn[nH]1. The van der Waals surface area contributed by atoms with Gasteiger partial charge in [-0.05, 0) is 43.5 Å². The molecule has 1 aromatic carbocycles. The van der Waals surface area contributed by atoms with Crippen molar-refractivity contribution in [1.29, 1.82) is 0 Å². The summed E-state index contributed by atoms with van der Waals surface area (Å²) >= 11 is 6.04. The van der Waals surface area contributed by atoms with Gasteiger partial charge in [0.1, 0.15) is 0 Å². The van der Waals surface area contributed by atoms with Crippen molar-refractivity contribution in [3.8, 4) is 0 Å². The minimum absolute atomic E-state index is 0.0272. The van der Waals surface area contributed by atoms with Gasteiger partial charge < -0.3 is 15.0 Å². The lowest BCUT2D eigenvalue weighted by molar-refractivity contribution is 0.161. The van der Waals surface area contributed by atoms with E-state index < -0.39 is 0 Å². The van der Waals surface area contributed by atoms with Crippen molar-refractivity contribution in [2.24, 2.45) is 0 Å². The van der Waals surface area contributed by atoms with Crippen molar-refractivity contribution in [1.82, 2.24) is 15.1 Å². The Kier molecular flexibility index (Phi) is 5.37. The third-order valence-electron chi connectivity index (χ3n) is 4.25. The Bertz CT molecular complexity index is 690. The highest BCUT2D eigenvalue weighted by Crippen LogP contribution is 2.30.